The molecule has 110 valence electrons. The second kappa shape index (κ2) is 6.03. The van der Waals surface area contributed by atoms with Crippen LogP contribution in [0.4, 0.5) is 4.79 Å². The Bertz CT molecular complexity index is 360. The van der Waals surface area contributed by atoms with Gasteiger partial charge in [0.2, 0.25) is 0 Å². The van der Waals surface area contributed by atoms with Crippen molar-refractivity contribution in [3.8, 4) is 0 Å². The van der Waals surface area contributed by atoms with Gasteiger partial charge < -0.3 is 14.9 Å². The van der Waals surface area contributed by atoms with Gasteiger partial charge in [-0.15, -0.1) is 0 Å². The van der Waals surface area contributed by atoms with Crippen molar-refractivity contribution in [2.45, 2.75) is 51.4 Å². The zero-order valence-corrected chi connectivity index (χ0v) is 13.2. The molecule has 1 saturated heterocycles. The summed E-state index contributed by atoms with van der Waals surface area (Å²) in [4.78, 5) is 27.2. The minimum absolute atomic E-state index is 0.130. The Balaban J connectivity index is 2.93. The molecular formula is C13H24N2O3S. The Hall–Kier alpha value is -0.910. The number of carboxylic acid groups (broad SMARTS) is 1. The van der Waals surface area contributed by atoms with E-state index in [2.05, 4.69) is 6.92 Å². The van der Waals surface area contributed by atoms with Gasteiger partial charge in [0.15, 0.2) is 0 Å². The number of rotatable bonds is 3. The second-order valence-corrected chi connectivity index (χ2v) is 6.89. The van der Waals surface area contributed by atoms with Crippen LogP contribution < -0.4 is 0 Å². The first kappa shape index (κ1) is 16.1. The van der Waals surface area contributed by atoms with E-state index in [-0.39, 0.29) is 12.1 Å². The summed E-state index contributed by atoms with van der Waals surface area (Å²) in [5.41, 5.74) is -1.18. The number of carbonyl (C=O) groups is 2. The summed E-state index contributed by atoms with van der Waals surface area (Å²) in [6.45, 7) is 10.2. The Kier molecular flexibility index (Phi) is 5.12. The number of thioether (sulfide) groups is 1. The van der Waals surface area contributed by atoms with Crippen molar-refractivity contribution in [2.75, 3.05) is 18.8 Å². The quantitative estimate of drug-likeness (QED) is 0.864. The second-order valence-electron chi connectivity index (χ2n) is 5.40. The van der Waals surface area contributed by atoms with Crippen LogP contribution in [-0.4, -0.2) is 62.6 Å². The third kappa shape index (κ3) is 3.16. The van der Waals surface area contributed by atoms with Gasteiger partial charge in [-0.25, -0.2) is 9.59 Å². The van der Waals surface area contributed by atoms with Crippen LogP contribution in [0.5, 0.6) is 0 Å². The van der Waals surface area contributed by atoms with Gasteiger partial charge in [0.25, 0.3) is 0 Å². The lowest BCUT2D eigenvalue weighted by Gasteiger charge is -2.43. The van der Waals surface area contributed by atoms with Gasteiger partial charge in [0.05, 0.1) is 0 Å². The molecule has 19 heavy (non-hydrogen) atoms. The van der Waals surface area contributed by atoms with Crippen molar-refractivity contribution >= 4 is 23.8 Å². The highest BCUT2D eigenvalue weighted by molar-refractivity contribution is 8.00. The van der Waals surface area contributed by atoms with Gasteiger partial charge in [0, 0.05) is 30.1 Å². The summed E-state index contributed by atoms with van der Waals surface area (Å²) in [6, 6.07) is -0.0422. The Morgan fingerprint density at radius 3 is 2.47 bits per heavy atom. The Morgan fingerprint density at radius 1 is 1.42 bits per heavy atom. The molecular weight excluding hydrogens is 264 g/mol. The summed E-state index contributed by atoms with van der Waals surface area (Å²) in [5.74, 6) is -0.0720. The van der Waals surface area contributed by atoms with Gasteiger partial charge in [0.1, 0.15) is 5.54 Å². The molecule has 1 aliphatic heterocycles. The van der Waals surface area contributed by atoms with Crippen LogP contribution in [0.2, 0.25) is 0 Å². The van der Waals surface area contributed by atoms with Crippen LogP contribution in [0.15, 0.2) is 0 Å². The average molecular weight is 288 g/mol. The highest BCUT2D eigenvalue weighted by Crippen LogP contribution is 2.27. The van der Waals surface area contributed by atoms with Gasteiger partial charge in [-0.3, -0.25) is 0 Å². The Morgan fingerprint density at radius 2 is 2.00 bits per heavy atom. The molecule has 0 bridgehead atoms. The molecule has 2 atom stereocenters. The largest absolute Gasteiger partial charge is 0.480 e. The molecule has 5 nitrogen and oxygen atoms in total. The molecule has 2 unspecified atom stereocenters. The van der Waals surface area contributed by atoms with Crippen molar-refractivity contribution in [1.29, 1.82) is 0 Å². The monoisotopic (exact) mass is 288 g/mol. The first-order chi connectivity index (χ1) is 8.73. The molecule has 6 heteroatoms. The number of hydrogen-bond acceptors (Lipinski definition) is 3. The normalized spacial score (nSPS) is 24.2. The highest BCUT2D eigenvalue weighted by atomic mass is 32.2. The summed E-state index contributed by atoms with van der Waals surface area (Å²) in [6.07, 6.45) is 0. The minimum atomic E-state index is -1.18. The average Bonchev–Trinajstić information content (AvgIpc) is 2.32. The molecule has 0 aromatic rings. The third-order valence-electron chi connectivity index (χ3n) is 3.87. The van der Waals surface area contributed by atoms with Crippen molar-refractivity contribution in [3.05, 3.63) is 0 Å². The van der Waals surface area contributed by atoms with E-state index >= 15 is 0 Å². The maximum Gasteiger partial charge on any atom is 0.329 e. The number of aliphatic carboxylic acids is 1. The molecule has 0 aromatic heterocycles. The molecule has 1 aliphatic rings. The minimum Gasteiger partial charge on any atom is -0.480 e. The van der Waals surface area contributed by atoms with E-state index < -0.39 is 11.5 Å². The zero-order chi connectivity index (χ0) is 14.8. The summed E-state index contributed by atoms with van der Waals surface area (Å²) in [7, 11) is 0. The predicted molar refractivity (Wildman–Crippen MR) is 77.6 cm³/mol. The zero-order valence-electron chi connectivity index (χ0n) is 12.3. The SMILES string of the molecule is CCN(C(=O)N1CCSC(C)C1C)C(C)(C)C(=O)O. The number of urea groups is 1. The summed E-state index contributed by atoms with van der Waals surface area (Å²) in [5, 5.41) is 9.67. The van der Waals surface area contributed by atoms with Crippen LogP contribution in [0, 0.1) is 0 Å². The van der Waals surface area contributed by atoms with Crippen LogP contribution in [0.25, 0.3) is 0 Å². The van der Waals surface area contributed by atoms with Crippen LogP contribution in [0.3, 0.4) is 0 Å². The number of amides is 2. The summed E-state index contributed by atoms with van der Waals surface area (Å²) < 4.78 is 0. The fourth-order valence-corrected chi connectivity index (χ4v) is 3.34. The first-order valence-electron chi connectivity index (χ1n) is 6.66. The molecule has 1 heterocycles. The number of hydrogen-bond donors (Lipinski definition) is 1. The van der Waals surface area contributed by atoms with E-state index in [0.29, 0.717) is 18.3 Å². The maximum absolute atomic E-state index is 12.6. The molecule has 0 spiro atoms. The van der Waals surface area contributed by atoms with Crippen LogP contribution >= 0.6 is 11.8 Å². The standard InChI is InChI=1S/C13H24N2O3S/c1-6-15(13(4,5)11(16)17)12(18)14-7-8-19-10(3)9(14)2/h9-10H,6-8H2,1-5H3,(H,16,17). The molecule has 2 amide bonds. The smallest absolute Gasteiger partial charge is 0.329 e. The first-order valence-corrected chi connectivity index (χ1v) is 7.71. The van der Waals surface area contributed by atoms with E-state index in [1.165, 1.54) is 4.90 Å². The molecule has 1 rings (SSSR count). The third-order valence-corrected chi connectivity index (χ3v) is 5.21. The van der Waals surface area contributed by atoms with Gasteiger partial charge in [-0.05, 0) is 27.7 Å². The van der Waals surface area contributed by atoms with Crippen LogP contribution in [0.1, 0.15) is 34.6 Å². The van der Waals surface area contributed by atoms with Crippen molar-refractivity contribution in [2.24, 2.45) is 0 Å². The van der Waals surface area contributed by atoms with Gasteiger partial charge in [-0.1, -0.05) is 6.92 Å². The number of carboxylic acids is 1. The lowest BCUT2D eigenvalue weighted by atomic mass is 10.0. The van der Waals surface area contributed by atoms with Crippen LogP contribution in [-0.2, 0) is 4.79 Å². The highest BCUT2D eigenvalue weighted by Gasteiger charge is 2.41. The van der Waals surface area contributed by atoms with E-state index in [0.717, 1.165) is 5.75 Å². The number of likely N-dealkylation sites (N-methyl/N-ethyl adjacent to an activating group) is 1. The fraction of sp³-hybridized carbons (Fsp3) is 0.846. The van der Waals surface area contributed by atoms with Crippen molar-refractivity contribution in [3.63, 3.8) is 0 Å². The fourth-order valence-electron chi connectivity index (χ4n) is 2.24. The van der Waals surface area contributed by atoms with E-state index in [1.807, 2.05) is 25.6 Å². The molecule has 1 N–H and O–H groups in total. The lowest BCUT2D eigenvalue weighted by Crippen LogP contribution is -2.60. The van der Waals surface area contributed by atoms with Crippen molar-refractivity contribution in [1.82, 2.24) is 9.80 Å². The molecule has 0 aliphatic carbocycles. The molecule has 0 saturated carbocycles. The van der Waals surface area contributed by atoms with Gasteiger partial charge in [-0.2, -0.15) is 11.8 Å². The number of nitrogens with zero attached hydrogens (tertiary/aromatic N) is 2. The lowest BCUT2D eigenvalue weighted by molar-refractivity contribution is -0.147. The predicted octanol–water partition coefficient (Wildman–Crippen LogP) is 2.12. The topological polar surface area (TPSA) is 60.9 Å². The van der Waals surface area contributed by atoms with E-state index in [1.54, 1.807) is 18.7 Å². The number of carbonyl (C=O) groups excluding carboxylic acids is 1. The maximum atomic E-state index is 12.6. The Labute approximate surface area is 119 Å². The summed E-state index contributed by atoms with van der Waals surface area (Å²) >= 11 is 1.85. The van der Waals surface area contributed by atoms with E-state index in [4.69, 9.17) is 0 Å². The molecule has 1 fully saturated rings. The molecule has 0 aromatic carbocycles. The molecule has 0 radical (unpaired) electrons. The van der Waals surface area contributed by atoms with Gasteiger partial charge >= 0.3 is 12.0 Å². The van der Waals surface area contributed by atoms with E-state index in [9.17, 15) is 14.7 Å². The van der Waals surface area contributed by atoms with Crippen molar-refractivity contribution < 1.29 is 14.7 Å².